The molecular weight excluding hydrogens is 395 g/mol. The lowest BCUT2D eigenvalue weighted by molar-refractivity contribution is -0.118. The first-order valence-corrected chi connectivity index (χ1v) is 9.54. The number of carbonyl (C=O) groups is 2. The molecule has 0 unspecified atom stereocenters. The highest BCUT2D eigenvalue weighted by molar-refractivity contribution is 7.16. The number of ether oxygens (including phenoxy) is 2. The van der Waals surface area contributed by atoms with Crippen molar-refractivity contribution in [1.29, 1.82) is 0 Å². The van der Waals surface area contributed by atoms with Crippen molar-refractivity contribution in [3.05, 3.63) is 58.7 Å². The first-order chi connectivity index (χ1) is 13.9. The molecule has 3 rings (SSSR count). The Balaban J connectivity index is 1.65. The zero-order chi connectivity index (χ0) is 21.0. The van der Waals surface area contributed by atoms with Crippen molar-refractivity contribution in [3.8, 4) is 22.8 Å². The van der Waals surface area contributed by atoms with Gasteiger partial charge in [0.1, 0.15) is 5.82 Å². The fraction of sp³-hybridized carbons (Fsp3) is 0.190. The van der Waals surface area contributed by atoms with Gasteiger partial charge in [-0.25, -0.2) is 9.37 Å². The number of aromatic nitrogens is 1. The Morgan fingerprint density at radius 2 is 1.86 bits per heavy atom. The van der Waals surface area contributed by atoms with Crippen LogP contribution in [-0.2, 0) is 4.79 Å². The molecule has 0 bridgehead atoms. The van der Waals surface area contributed by atoms with Crippen LogP contribution in [0.25, 0.3) is 11.3 Å². The van der Waals surface area contributed by atoms with Gasteiger partial charge < -0.3 is 9.47 Å². The van der Waals surface area contributed by atoms with E-state index in [1.807, 2.05) is 6.92 Å². The number of nitrogens with one attached hydrogen (secondary N) is 1. The third-order valence-electron chi connectivity index (χ3n) is 4.09. The number of methoxy groups -OCH3 is 1. The van der Waals surface area contributed by atoms with Crippen LogP contribution >= 0.6 is 11.3 Å². The first kappa shape index (κ1) is 20.5. The quantitative estimate of drug-likeness (QED) is 0.577. The topological polar surface area (TPSA) is 77.5 Å². The summed E-state index contributed by atoms with van der Waals surface area (Å²) in [4.78, 5) is 29.0. The Kier molecular flexibility index (Phi) is 6.23. The van der Waals surface area contributed by atoms with Crippen molar-refractivity contribution in [2.75, 3.05) is 19.0 Å². The molecule has 0 atom stereocenters. The summed E-state index contributed by atoms with van der Waals surface area (Å²) in [6, 6.07) is 10.8. The number of hydrogen-bond acceptors (Lipinski definition) is 6. The molecule has 0 fully saturated rings. The molecule has 0 aliphatic rings. The van der Waals surface area contributed by atoms with E-state index in [-0.39, 0.29) is 24.1 Å². The predicted octanol–water partition coefficient (Wildman–Crippen LogP) is 4.49. The van der Waals surface area contributed by atoms with E-state index < -0.39 is 0 Å². The van der Waals surface area contributed by atoms with Crippen molar-refractivity contribution in [2.45, 2.75) is 13.8 Å². The van der Waals surface area contributed by atoms with Crippen LogP contribution in [-0.4, -0.2) is 30.4 Å². The maximum absolute atomic E-state index is 13.1. The van der Waals surface area contributed by atoms with Gasteiger partial charge in [0.05, 0.1) is 12.8 Å². The number of aryl methyl sites for hydroxylation is 1. The zero-order valence-electron chi connectivity index (χ0n) is 16.1. The summed E-state index contributed by atoms with van der Waals surface area (Å²) in [5, 5.41) is 3.12. The molecule has 6 nitrogen and oxygen atoms in total. The molecule has 1 aromatic heterocycles. The second-order valence-electron chi connectivity index (χ2n) is 6.19. The number of rotatable bonds is 7. The molecule has 0 saturated carbocycles. The Bertz CT molecular complexity index is 1050. The molecule has 0 spiro atoms. The lowest BCUT2D eigenvalue weighted by atomic mass is 10.1. The fourth-order valence-corrected chi connectivity index (χ4v) is 3.48. The number of Topliss-reactive ketones (excluding diaryl/α,β-unsaturated/α-hetero) is 1. The minimum absolute atomic E-state index is 0.0938. The van der Waals surface area contributed by atoms with Crippen LogP contribution in [0.15, 0.2) is 42.5 Å². The highest BCUT2D eigenvalue weighted by atomic mass is 32.1. The number of nitrogens with zero attached hydrogens (tertiary/aromatic N) is 1. The summed E-state index contributed by atoms with van der Waals surface area (Å²) in [5.41, 5.74) is 1.95. The molecule has 150 valence electrons. The van der Waals surface area contributed by atoms with E-state index in [0.29, 0.717) is 27.9 Å². The third-order valence-corrected chi connectivity index (χ3v) is 4.98. The lowest BCUT2D eigenvalue weighted by Crippen LogP contribution is -2.20. The maximum atomic E-state index is 13.1. The van der Waals surface area contributed by atoms with Crippen LogP contribution in [0.5, 0.6) is 11.5 Å². The van der Waals surface area contributed by atoms with Crippen LogP contribution in [0.3, 0.4) is 0 Å². The highest BCUT2D eigenvalue weighted by Crippen LogP contribution is 2.31. The van der Waals surface area contributed by atoms with Gasteiger partial charge in [-0.1, -0.05) is 0 Å². The molecule has 0 radical (unpaired) electrons. The molecule has 1 N–H and O–H groups in total. The minimum Gasteiger partial charge on any atom is -0.493 e. The van der Waals surface area contributed by atoms with Gasteiger partial charge in [0.2, 0.25) is 0 Å². The number of halogens is 1. The smallest absolute Gasteiger partial charge is 0.264 e. The summed E-state index contributed by atoms with van der Waals surface area (Å²) >= 11 is 1.32. The van der Waals surface area contributed by atoms with Gasteiger partial charge in [-0.15, -0.1) is 11.3 Å². The van der Waals surface area contributed by atoms with Crippen molar-refractivity contribution in [3.63, 3.8) is 0 Å². The Labute approximate surface area is 171 Å². The van der Waals surface area contributed by atoms with Gasteiger partial charge in [0.15, 0.2) is 29.0 Å². The summed E-state index contributed by atoms with van der Waals surface area (Å²) in [7, 11) is 1.46. The van der Waals surface area contributed by atoms with E-state index in [1.54, 1.807) is 30.3 Å². The summed E-state index contributed by atoms with van der Waals surface area (Å²) < 4.78 is 23.8. The number of amides is 1. The number of thiazole rings is 1. The van der Waals surface area contributed by atoms with Crippen LogP contribution < -0.4 is 14.8 Å². The molecule has 3 aromatic rings. The Morgan fingerprint density at radius 3 is 2.52 bits per heavy atom. The second-order valence-corrected chi connectivity index (χ2v) is 7.39. The summed E-state index contributed by atoms with van der Waals surface area (Å²) in [6.07, 6.45) is 0. The normalized spacial score (nSPS) is 10.5. The number of anilines is 1. The van der Waals surface area contributed by atoms with Gasteiger partial charge in [-0.3, -0.25) is 14.9 Å². The lowest BCUT2D eigenvalue weighted by Gasteiger charge is -2.11. The van der Waals surface area contributed by atoms with Gasteiger partial charge >= 0.3 is 0 Å². The van der Waals surface area contributed by atoms with E-state index in [4.69, 9.17) is 9.47 Å². The average Bonchev–Trinajstić information content (AvgIpc) is 3.06. The molecule has 0 aliphatic heterocycles. The van der Waals surface area contributed by atoms with Crippen LogP contribution in [0, 0.1) is 12.7 Å². The largest absolute Gasteiger partial charge is 0.493 e. The van der Waals surface area contributed by atoms with Gasteiger partial charge in [-0.05, 0) is 56.3 Å². The van der Waals surface area contributed by atoms with Crippen molar-refractivity contribution >= 4 is 28.2 Å². The number of ketones is 1. The van der Waals surface area contributed by atoms with Crippen LogP contribution in [0.4, 0.5) is 9.52 Å². The predicted molar refractivity (Wildman–Crippen MR) is 109 cm³/mol. The number of benzene rings is 2. The van der Waals surface area contributed by atoms with E-state index in [1.165, 1.54) is 37.5 Å². The molecule has 29 heavy (non-hydrogen) atoms. The SMILES string of the molecule is COc1cc(C(C)=O)ccc1OCC(=O)Nc1nc(-c2ccc(F)cc2)c(C)s1. The van der Waals surface area contributed by atoms with Crippen molar-refractivity contribution in [2.24, 2.45) is 0 Å². The monoisotopic (exact) mass is 414 g/mol. The number of carbonyl (C=O) groups excluding carboxylic acids is 2. The third kappa shape index (κ3) is 4.97. The maximum Gasteiger partial charge on any atom is 0.264 e. The second kappa shape index (κ2) is 8.83. The summed E-state index contributed by atoms with van der Waals surface area (Å²) in [6.45, 7) is 3.09. The standard InChI is InChI=1S/C21H19FN2O4S/c1-12(25)15-6-9-17(18(10-15)27-3)28-11-19(26)23-21-24-20(13(2)29-21)14-4-7-16(22)8-5-14/h4-10H,11H2,1-3H3,(H,23,24,26). The van der Waals surface area contributed by atoms with E-state index in [0.717, 1.165) is 10.4 Å². The van der Waals surface area contributed by atoms with Crippen LogP contribution in [0.2, 0.25) is 0 Å². The first-order valence-electron chi connectivity index (χ1n) is 8.72. The molecule has 0 saturated heterocycles. The van der Waals surface area contributed by atoms with Crippen molar-refractivity contribution < 1.29 is 23.5 Å². The molecule has 0 aliphatic carbocycles. The van der Waals surface area contributed by atoms with E-state index >= 15 is 0 Å². The molecule has 2 aromatic carbocycles. The summed E-state index contributed by atoms with van der Waals surface area (Å²) in [5.74, 6) is -0.0750. The molecule has 1 amide bonds. The van der Waals surface area contributed by atoms with Gasteiger partial charge in [0, 0.05) is 16.0 Å². The van der Waals surface area contributed by atoms with Crippen LogP contribution in [0.1, 0.15) is 22.2 Å². The molecule has 1 heterocycles. The average molecular weight is 414 g/mol. The van der Waals surface area contributed by atoms with Crippen molar-refractivity contribution in [1.82, 2.24) is 4.98 Å². The van der Waals surface area contributed by atoms with E-state index in [9.17, 15) is 14.0 Å². The minimum atomic E-state index is -0.387. The van der Waals surface area contributed by atoms with Gasteiger partial charge in [-0.2, -0.15) is 0 Å². The highest BCUT2D eigenvalue weighted by Gasteiger charge is 2.14. The zero-order valence-corrected chi connectivity index (χ0v) is 16.9. The molecule has 8 heteroatoms. The van der Waals surface area contributed by atoms with E-state index in [2.05, 4.69) is 10.3 Å². The van der Waals surface area contributed by atoms with Gasteiger partial charge in [0.25, 0.3) is 5.91 Å². The number of hydrogen-bond donors (Lipinski definition) is 1. The molecular formula is C21H19FN2O4S. The Morgan fingerprint density at radius 1 is 1.14 bits per heavy atom. The fourth-order valence-electron chi connectivity index (χ4n) is 2.63. The Hall–Kier alpha value is -3.26.